The van der Waals surface area contributed by atoms with E-state index < -0.39 is 0 Å². The van der Waals surface area contributed by atoms with E-state index in [0.29, 0.717) is 0 Å². The summed E-state index contributed by atoms with van der Waals surface area (Å²) in [5.41, 5.74) is 5.71. The first-order valence-corrected chi connectivity index (χ1v) is 6.12. The quantitative estimate of drug-likeness (QED) is 0.864. The van der Waals surface area contributed by atoms with Crippen molar-refractivity contribution in [1.82, 2.24) is 5.32 Å². The lowest BCUT2D eigenvalue weighted by Crippen LogP contribution is -2.06. The standard InChI is InChI=1S/C16H18FN/c1-11-4-5-13(10-18-3)16(8-11)15-7-6-14(17)9-12(15)2/h4-9,18H,10H2,1-3H3. The molecule has 0 unspecified atom stereocenters. The van der Waals surface area contributed by atoms with Gasteiger partial charge in [-0.1, -0.05) is 29.8 Å². The molecular formula is C16H18FN. The zero-order valence-electron chi connectivity index (χ0n) is 11.0. The van der Waals surface area contributed by atoms with E-state index in [0.717, 1.165) is 17.7 Å². The predicted molar refractivity (Wildman–Crippen MR) is 74.1 cm³/mol. The Kier molecular flexibility index (Phi) is 3.78. The van der Waals surface area contributed by atoms with E-state index in [4.69, 9.17) is 0 Å². The highest BCUT2D eigenvalue weighted by Gasteiger charge is 2.08. The molecule has 1 nitrogen and oxygen atoms in total. The second kappa shape index (κ2) is 5.32. The van der Waals surface area contributed by atoms with Crippen LogP contribution in [0.3, 0.4) is 0 Å². The maximum atomic E-state index is 13.2. The summed E-state index contributed by atoms with van der Waals surface area (Å²) < 4.78 is 13.2. The van der Waals surface area contributed by atoms with Gasteiger partial charge in [0.1, 0.15) is 5.82 Å². The van der Waals surface area contributed by atoms with Crippen molar-refractivity contribution >= 4 is 0 Å². The van der Waals surface area contributed by atoms with E-state index in [9.17, 15) is 4.39 Å². The van der Waals surface area contributed by atoms with Crippen LogP contribution in [0.25, 0.3) is 11.1 Å². The van der Waals surface area contributed by atoms with E-state index in [1.54, 1.807) is 6.07 Å². The third-order valence-electron chi connectivity index (χ3n) is 3.11. The highest BCUT2D eigenvalue weighted by Crippen LogP contribution is 2.28. The summed E-state index contributed by atoms with van der Waals surface area (Å²) >= 11 is 0. The van der Waals surface area contributed by atoms with E-state index in [1.807, 2.05) is 20.0 Å². The third kappa shape index (κ3) is 2.59. The number of nitrogens with one attached hydrogen (secondary N) is 1. The van der Waals surface area contributed by atoms with Gasteiger partial charge in [0, 0.05) is 6.54 Å². The fourth-order valence-corrected chi connectivity index (χ4v) is 2.21. The lowest BCUT2D eigenvalue weighted by molar-refractivity contribution is 0.627. The summed E-state index contributed by atoms with van der Waals surface area (Å²) in [5, 5.41) is 3.17. The van der Waals surface area contributed by atoms with Crippen molar-refractivity contribution in [2.45, 2.75) is 20.4 Å². The molecule has 0 aliphatic carbocycles. The number of hydrogen-bond donors (Lipinski definition) is 1. The van der Waals surface area contributed by atoms with Gasteiger partial charge in [0.2, 0.25) is 0 Å². The first-order chi connectivity index (χ1) is 8.61. The Morgan fingerprint density at radius 1 is 1.00 bits per heavy atom. The minimum Gasteiger partial charge on any atom is -0.316 e. The van der Waals surface area contributed by atoms with Crippen LogP contribution in [-0.4, -0.2) is 7.05 Å². The molecule has 2 aromatic carbocycles. The number of benzene rings is 2. The zero-order valence-corrected chi connectivity index (χ0v) is 11.0. The van der Waals surface area contributed by atoms with Gasteiger partial charge in [-0.25, -0.2) is 4.39 Å². The third-order valence-corrected chi connectivity index (χ3v) is 3.11. The summed E-state index contributed by atoms with van der Waals surface area (Å²) in [6, 6.07) is 11.4. The molecule has 0 fully saturated rings. The van der Waals surface area contributed by atoms with Crippen LogP contribution in [0.4, 0.5) is 4.39 Å². The fourth-order valence-electron chi connectivity index (χ4n) is 2.21. The molecule has 2 aromatic rings. The maximum Gasteiger partial charge on any atom is 0.123 e. The van der Waals surface area contributed by atoms with Crippen LogP contribution < -0.4 is 5.32 Å². The largest absolute Gasteiger partial charge is 0.316 e. The molecule has 0 saturated heterocycles. The Hall–Kier alpha value is -1.67. The van der Waals surface area contributed by atoms with Crippen LogP contribution in [-0.2, 0) is 6.54 Å². The van der Waals surface area contributed by atoms with E-state index in [1.165, 1.54) is 22.8 Å². The SMILES string of the molecule is CNCc1ccc(C)cc1-c1ccc(F)cc1C. The van der Waals surface area contributed by atoms with Crippen molar-refractivity contribution in [1.29, 1.82) is 0 Å². The Bertz CT molecular complexity index is 561. The van der Waals surface area contributed by atoms with Crippen LogP contribution in [0.2, 0.25) is 0 Å². The summed E-state index contributed by atoms with van der Waals surface area (Å²) in [5.74, 6) is -0.181. The second-order valence-corrected chi connectivity index (χ2v) is 4.65. The normalized spacial score (nSPS) is 10.7. The van der Waals surface area contributed by atoms with Crippen LogP contribution >= 0.6 is 0 Å². The molecule has 2 heteroatoms. The average molecular weight is 243 g/mol. The van der Waals surface area contributed by atoms with Gasteiger partial charge in [0.05, 0.1) is 0 Å². The van der Waals surface area contributed by atoms with E-state index in [-0.39, 0.29) is 5.82 Å². The van der Waals surface area contributed by atoms with Crippen LogP contribution in [0.5, 0.6) is 0 Å². The lowest BCUT2D eigenvalue weighted by Gasteiger charge is -2.13. The molecule has 0 radical (unpaired) electrons. The molecule has 0 amide bonds. The molecule has 18 heavy (non-hydrogen) atoms. The van der Waals surface area contributed by atoms with E-state index in [2.05, 4.69) is 30.4 Å². The van der Waals surface area contributed by atoms with E-state index >= 15 is 0 Å². The van der Waals surface area contributed by atoms with Crippen molar-refractivity contribution < 1.29 is 4.39 Å². The number of rotatable bonds is 3. The molecule has 0 spiro atoms. The summed E-state index contributed by atoms with van der Waals surface area (Å²) in [4.78, 5) is 0. The minimum absolute atomic E-state index is 0.181. The first kappa shape index (κ1) is 12.8. The monoisotopic (exact) mass is 243 g/mol. The molecule has 0 aliphatic heterocycles. The Morgan fingerprint density at radius 2 is 1.78 bits per heavy atom. The first-order valence-electron chi connectivity index (χ1n) is 6.12. The topological polar surface area (TPSA) is 12.0 Å². The van der Waals surface area contributed by atoms with Crippen molar-refractivity contribution in [2.24, 2.45) is 0 Å². The van der Waals surface area contributed by atoms with Gasteiger partial charge in [0.15, 0.2) is 0 Å². The van der Waals surface area contributed by atoms with Crippen molar-refractivity contribution in [3.05, 3.63) is 58.9 Å². The Balaban J connectivity index is 2.57. The van der Waals surface area contributed by atoms with Crippen molar-refractivity contribution in [3.63, 3.8) is 0 Å². The highest BCUT2D eigenvalue weighted by atomic mass is 19.1. The molecular weight excluding hydrogens is 225 g/mol. The van der Waals surface area contributed by atoms with Gasteiger partial charge < -0.3 is 5.32 Å². The second-order valence-electron chi connectivity index (χ2n) is 4.65. The number of hydrogen-bond acceptors (Lipinski definition) is 1. The van der Waals surface area contributed by atoms with Crippen LogP contribution in [0.1, 0.15) is 16.7 Å². The Labute approximate surface area is 108 Å². The molecule has 0 aliphatic rings. The maximum absolute atomic E-state index is 13.2. The van der Waals surface area contributed by atoms with Gasteiger partial charge in [-0.2, -0.15) is 0 Å². The highest BCUT2D eigenvalue weighted by molar-refractivity contribution is 5.71. The molecule has 0 atom stereocenters. The zero-order chi connectivity index (χ0) is 13.1. The molecule has 0 saturated carbocycles. The molecule has 1 N–H and O–H groups in total. The van der Waals surface area contributed by atoms with Gasteiger partial charge in [-0.3, -0.25) is 0 Å². The van der Waals surface area contributed by atoms with Gasteiger partial charge >= 0.3 is 0 Å². The van der Waals surface area contributed by atoms with Crippen LogP contribution in [0.15, 0.2) is 36.4 Å². The van der Waals surface area contributed by atoms with Gasteiger partial charge in [0.25, 0.3) is 0 Å². The van der Waals surface area contributed by atoms with Crippen LogP contribution in [0, 0.1) is 19.7 Å². The molecule has 0 bridgehead atoms. The smallest absolute Gasteiger partial charge is 0.123 e. The molecule has 0 aromatic heterocycles. The Morgan fingerprint density at radius 3 is 2.44 bits per heavy atom. The van der Waals surface area contributed by atoms with Crippen molar-refractivity contribution in [2.75, 3.05) is 7.05 Å². The average Bonchev–Trinajstić information content (AvgIpc) is 2.32. The van der Waals surface area contributed by atoms with Gasteiger partial charge in [-0.15, -0.1) is 0 Å². The summed E-state index contributed by atoms with van der Waals surface area (Å²) in [7, 11) is 1.93. The lowest BCUT2D eigenvalue weighted by atomic mass is 9.94. The fraction of sp³-hybridized carbons (Fsp3) is 0.250. The molecule has 94 valence electrons. The minimum atomic E-state index is -0.181. The van der Waals surface area contributed by atoms with Gasteiger partial charge in [-0.05, 0) is 55.3 Å². The van der Waals surface area contributed by atoms with Crippen molar-refractivity contribution in [3.8, 4) is 11.1 Å². The summed E-state index contributed by atoms with van der Waals surface area (Å²) in [6.07, 6.45) is 0. The molecule has 0 heterocycles. The number of aryl methyl sites for hydroxylation is 2. The number of halogens is 1. The molecule has 2 rings (SSSR count). The summed E-state index contributed by atoms with van der Waals surface area (Å²) in [6.45, 7) is 4.84. The predicted octanol–water partition coefficient (Wildman–Crippen LogP) is 3.83.